The van der Waals surface area contributed by atoms with Gasteiger partial charge in [-0.1, -0.05) is 72.6 Å². The number of hydrogen-bond donors (Lipinski definition) is 0. The van der Waals surface area contributed by atoms with Gasteiger partial charge >= 0.3 is 0 Å². The highest BCUT2D eigenvalue weighted by atomic mass is 35.5. The van der Waals surface area contributed by atoms with Crippen LogP contribution < -0.4 is 4.90 Å². The van der Waals surface area contributed by atoms with Gasteiger partial charge in [0.1, 0.15) is 12.1 Å². The molecule has 0 aromatic carbocycles. The second kappa shape index (κ2) is 21.6. The summed E-state index contributed by atoms with van der Waals surface area (Å²) in [6.07, 6.45) is 13.5. The molecule has 6 heteroatoms. The molecule has 2 unspecified atom stereocenters. The second-order valence-corrected chi connectivity index (χ2v) is 9.55. The van der Waals surface area contributed by atoms with Gasteiger partial charge in [-0.15, -0.1) is 18.2 Å². The van der Waals surface area contributed by atoms with Gasteiger partial charge in [0.25, 0.3) is 0 Å². The number of hydrogen-bond acceptors (Lipinski definition) is 5. The number of nitrogens with zero attached hydrogens (tertiary/aromatic N) is 5. The molecule has 2 aliphatic heterocycles. The lowest BCUT2D eigenvalue weighted by molar-refractivity contribution is 0.255. The van der Waals surface area contributed by atoms with E-state index in [1.54, 1.807) is 6.33 Å². The van der Waals surface area contributed by atoms with E-state index in [-0.39, 0.29) is 5.38 Å². The highest BCUT2D eigenvalue weighted by molar-refractivity contribution is 6.21. The first-order valence-electron chi connectivity index (χ1n) is 14.4. The topological polar surface area (TPSA) is 35.5 Å². The van der Waals surface area contributed by atoms with Crippen molar-refractivity contribution < 1.29 is 0 Å². The third kappa shape index (κ3) is 12.7. The molecule has 3 heterocycles. The molecule has 208 valence electrons. The van der Waals surface area contributed by atoms with Gasteiger partial charge in [-0.2, -0.15) is 0 Å². The second-order valence-electron chi connectivity index (χ2n) is 8.99. The van der Waals surface area contributed by atoms with Crippen LogP contribution in [0.5, 0.6) is 0 Å². The fourth-order valence-electron chi connectivity index (χ4n) is 4.18. The first kappa shape index (κ1) is 34.6. The van der Waals surface area contributed by atoms with Crippen LogP contribution in [0, 0.1) is 5.92 Å². The van der Waals surface area contributed by atoms with Gasteiger partial charge in [-0.3, -0.25) is 0 Å². The third-order valence-corrected chi connectivity index (χ3v) is 6.74. The molecule has 2 atom stereocenters. The highest BCUT2D eigenvalue weighted by Gasteiger charge is 2.24. The van der Waals surface area contributed by atoms with Gasteiger partial charge in [0.05, 0.1) is 11.1 Å². The van der Waals surface area contributed by atoms with Crippen molar-refractivity contribution in [2.45, 2.75) is 85.9 Å². The zero-order valence-electron chi connectivity index (χ0n) is 24.8. The average Bonchev–Trinajstić information content (AvgIpc) is 3.13. The zero-order chi connectivity index (χ0) is 27.3. The van der Waals surface area contributed by atoms with E-state index in [1.807, 2.05) is 40.7 Å². The highest BCUT2D eigenvalue weighted by Crippen LogP contribution is 2.25. The Labute approximate surface area is 229 Å². The summed E-state index contributed by atoms with van der Waals surface area (Å²) in [6, 6.07) is 0. The van der Waals surface area contributed by atoms with Gasteiger partial charge < -0.3 is 14.7 Å². The normalized spacial score (nSPS) is 17.8. The fourth-order valence-corrected chi connectivity index (χ4v) is 4.56. The maximum Gasteiger partial charge on any atom is 0.135 e. The van der Waals surface area contributed by atoms with Crippen LogP contribution in [0.2, 0.25) is 0 Å². The maximum absolute atomic E-state index is 6.41. The molecule has 0 saturated carbocycles. The number of alkyl halides is 1. The summed E-state index contributed by atoms with van der Waals surface area (Å²) in [5.41, 5.74) is 2.58. The molecular weight excluding hydrogens is 466 g/mol. The third-order valence-electron chi connectivity index (χ3n) is 6.41. The number of allylic oxidation sites excluding steroid dienone is 2. The number of halogens is 1. The lowest BCUT2D eigenvalue weighted by Crippen LogP contribution is -2.45. The summed E-state index contributed by atoms with van der Waals surface area (Å²) in [5.74, 6) is 1.57. The summed E-state index contributed by atoms with van der Waals surface area (Å²) in [6.45, 7) is 25.8. The van der Waals surface area contributed by atoms with Crippen molar-refractivity contribution >= 4 is 17.4 Å². The predicted molar refractivity (Wildman–Crippen MR) is 162 cm³/mol. The Hall–Kier alpha value is -1.43. The number of aromatic nitrogens is 2. The first-order chi connectivity index (χ1) is 17.5. The molecule has 1 aromatic heterocycles. The lowest BCUT2D eigenvalue weighted by Gasteiger charge is -2.34. The Morgan fingerprint density at radius 1 is 0.972 bits per heavy atom. The molecule has 0 spiro atoms. The summed E-state index contributed by atoms with van der Waals surface area (Å²) in [7, 11) is 2.19. The molecule has 5 nitrogen and oxygen atoms in total. The molecule has 1 aromatic rings. The van der Waals surface area contributed by atoms with Gasteiger partial charge in [-0.25, -0.2) is 9.97 Å². The number of unbranched alkanes of at least 4 members (excludes halogenated alkanes) is 1. The van der Waals surface area contributed by atoms with Crippen molar-refractivity contribution in [1.82, 2.24) is 19.8 Å². The number of likely N-dealkylation sites (N-methyl/N-ethyl adjacent to an activating group) is 1. The van der Waals surface area contributed by atoms with Crippen LogP contribution in [0.15, 0.2) is 31.1 Å². The Morgan fingerprint density at radius 2 is 1.58 bits per heavy atom. The Morgan fingerprint density at radius 3 is 2.14 bits per heavy atom. The lowest BCUT2D eigenvalue weighted by atomic mass is 10.0. The van der Waals surface area contributed by atoms with Crippen molar-refractivity contribution in [2.75, 3.05) is 57.8 Å². The zero-order valence-corrected chi connectivity index (χ0v) is 25.5. The molecule has 3 rings (SSSR count). The van der Waals surface area contributed by atoms with Crippen LogP contribution in [-0.4, -0.2) is 78.0 Å². The Balaban J connectivity index is 0.00000137. The summed E-state index contributed by atoms with van der Waals surface area (Å²) >= 11 is 6.41. The van der Waals surface area contributed by atoms with Gasteiger partial charge in [-0.05, 0) is 32.7 Å². The molecular formula is C30H56ClN5. The van der Waals surface area contributed by atoms with E-state index in [1.165, 1.54) is 24.1 Å². The van der Waals surface area contributed by atoms with E-state index in [0.717, 1.165) is 70.9 Å². The van der Waals surface area contributed by atoms with Crippen LogP contribution in [0.4, 0.5) is 5.82 Å². The Bertz CT molecular complexity index is 699. The smallest absolute Gasteiger partial charge is 0.135 e. The van der Waals surface area contributed by atoms with Gasteiger partial charge in [0, 0.05) is 57.8 Å². The molecule has 1 saturated heterocycles. The monoisotopic (exact) mass is 521 g/mol. The first-order valence-corrected chi connectivity index (χ1v) is 14.8. The molecule has 2 aliphatic rings. The molecule has 1 fully saturated rings. The standard InChI is InChI=1S/C22H34ClN5.C4H10.2C2H6/c1-4-6-19(23)15-18(5-2)16-27-9-7-20-21(8-10-27)24-17-25-22(20)28-13-11-26(3)12-14-28;1-3-4-2;2*1-2/h4-6,17-19H,2,7-16H2,1,3H3;3-4H2,1-2H3;2*1-2H3/b6-4-;;;. The fraction of sp³-hybridized carbons (Fsp3) is 0.733. The van der Waals surface area contributed by atoms with Crippen LogP contribution in [0.1, 0.15) is 79.0 Å². The molecule has 0 amide bonds. The molecule has 0 aliphatic carbocycles. The van der Waals surface area contributed by atoms with E-state index in [2.05, 4.69) is 64.3 Å². The number of piperazine rings is 1. The van der Waals surface area contributed by atoms with Crippen LogP contribution >= 0.6 is 11.6 Å². The van der Waals surface area contributed by atoms with Crippen molar-refractivity contribution in [2.24, 2.45) is 5.92 Å². The van der Waals surface area contributed by atoms with Crippen molar-refractivity contribution in [3.63, 3.8) is 0 Å². The summed E-state index contributed by atoms with van der Waals surface area (Å²) < 4.78 is 0. The minimum absolute atomic E-state index is 0.0758. The van der Waals surface area contributed by atoms with Crippen LogP contribution in [-0.2, 0) is 12.8 Å². The number of rotatable bonds is 8. The van der Waals surface area contributed by atoms with Crippen molar-refractivity contribution in [3.8, 4) is 0 Å². The molecule has 0 radical (unpaired) electrons. The minimum atomic E-state index is 0.0758. The quantitative estimate of drug-likeness (QED) is 0.275. The molecule has 0 bridgehead atoms. The minimum Gasteiger partial charge on any atom is -0.354 e. The van der Waals surface area contributed by atoms with Gasteiger partial charge in [0.2, 0.25) is 0 Å². The average molecular weight is 522 g/mol. The molecule has 36 heavy (non-hydrogen) atoms. The predicted octanol–water partition coefficient (Wildman–Crippen LogP) is 6.86. The van der Waals surface area contributed by atoms with E-state index < -0.39 is 0 Å². The number of fused-ring (bicyclic) bond motifs is 1. The van der Waals surface area contributed by atoms with E-state index in [0.29, 0.717) is 5.92 Å². The van der Waals surface area contributed by atoms with E-state index in [4.69, 9.17) is 11.6 Å². The van der Waals surface area contributed by atoms with Crippen molar-refractivity contribution in [3.05, 3.63) is 42.4 Å². The molecule has 0 N–H and O–H groups in total. The Kier molecular flexibility index (Phi) is 20.8. The van der Waals surface area contributed by atoms with E-state index in [9.17, 15) is 0 Å². The van der Waals surface area contributed by atoms with Crippen molar-refractivity contribution in [1.29, 1.82) is 0 Å². The number of anilines is 1. The SMILES string of the molecule is C=CC(CC(Cl)/C=C\C)CN1CCc2ncnc(N3CCN(C)CC3)c2CC1.CC.CC.CCCC. The summed E-state index contributed by atoms with van der Waals surface area (Å²) in [5, 5.41) is 0.0758. The van der Waals surface area contributed by atoms with Crippen LogP contribution in [0.25, 0.3) is 0 Å². The summed E-state index contributed by atoms with van der Waals surface area (Å²) in [4.78, 5) is 16.7. The van der Waals surface area contributed by atoms with Crippen LogP contribution in [0.3, 0.4) is 0 Å². The maximum atomic E-state index is 6.41. The van der Waals surface area contributed by atoms with Gasteiger partial charge in [0.15, 0.2) is 0 Å². The van der Waals surface area contributed by atoms with E-state index >= 15 is 0 Å². The largest absolute Gasteiger partial charge is 0.354 e.